The maximum atomic E-state index is 12.7. The maximum absolute atomic E-state index is 12.7. The minimum absolute atomic E-state index is 0.0874. The van der Waals surface area contributed by atoms with Crippen molar-refractivity contribution < 1.29 is 9.90 Å². The summed E-state index contributed by atoms with van der Waals surface area (Å²) in [4.78, 5) is 28.1. The predicted octanol–water partition coefficient (Wildman–Crippen LogP) is 2.90. The minimum atomic E-state index is -1.06. The molecule has 0 saturated heterocycles. The fourth-order valence-corrected chi connectivity index (χ4v) is 2.94. The Morgan fingerprint density at radius 2 is 2.22 bits per heavy atom. The smallest absolute Gasteiger partial charge is 0.335 e. The number of nitrogens with zero attached hydrogens (tertiary/aromatic N) is 3. The van der Waals surface area contributed by atoms with Crippen LogP contribution in [0.4, 0.5) is 0 Å². The molecule has 2 aromatic rings. The average molecular weight is 331 g/mol. The molecule has 6 nitrogen and oxygen atoms in total. The molecule has 0 atom stereocenters. The van der Waals surface area contributed by atoms with Gasteiger partial charge in [0.05, 0.1) is 28.3 Å². The third kappa shape index (κ3) is 3.90. The van der Waals surface area contributed by atoms with Crippen molar-refractivity contribution >= 4 is 28.6 Å². The molecule has 2 rings (SSSR count). The van der Waals surface area contributed by atoms with Gasteiger partial charge in [-0.1, -0.05) is 31.5 Å². The highest BCUT2D eigenvalue weighted by atomic mass is 32.2. The van der Waals surface area contributed by atoms with Crippen molar-refractivity contribution in [2.24, 2.45) is 0 Å². The molecule has 1 aromatic heterocycles. The molecule has 0 aliphatic carbocycles. The Hall–Kier alpha value is -2.33. The lowest BCUT2D eigenvalue weighted by Crippen LogP contribution is -2.23. The van der Waals surface area contributed by atoms with Gasteiger partial charge < -0.3 is 5.11 Å². The third-order valence-corrected chi connectivity index (χ3v) is 4.26. The predicted molar refractivity (Wildman–Crippen MR) is 88.8 cm³/mol. The molecule has 120 valence electrons. The Labute approximate surface area is 137 Å². The van der Waals surface area contributed by atoms with Gasteiger partial charge in [0, 0.05) is 6.54 Å². The minimum Gasteiger partial charge on any atom is -0.478 e. The number of carboxylic acid groups (broad SMARTS) is 1. The van der Waals surface area contributed by atoms with Crippen molar-refractivity contribution in [3.05, 3.63) is 34.1 Å². The number of aromatic nitrogens is 2. The highest BCUT2D eigenvalue weighted by molar-refractivity contribution is 7.99. The van der Waals surface area contributed by atoms with Crippen LogP contribution in [0.5, 0.6) is 0 Å². The quantitative estimate of drug-likeness (QED) is 0.476. The summed E-state index contributed by atoms with van der Waals surface area (Å²) in [5, 5.41) is 18.7. The maximum Gasteiger partial charge on any atom is 0.335 e. The van der Waals surface area contributed by atoms with E-state index < -0.39 is 5.97 Å². The van der Waals surface area contributed by atoms with E-state index in [2.05, 4.69) is 11.9 Å². The monoisotopic (exact) mass is 331 g/mol. The second-order valence-corrected chi connectivity index (χ2v) is 5.98. The number of hydrogen-bond acceptors (Lipinski definition) is 5. The van der Waals surface area contributed by atoms with Crippen molar-refractivity contribution in [3.8, 4) is 6.07 Å². The summed E-state index contributed by atoms with van der Waals surface area (Å²) >= 11 is 1.19. The molecule has 0 radical (unpaired) electrons. The highest BCUT2D eigenvalue weighted by Gasteiger charge is 2.13. The van der Waals surface area contributed by atoms with Crippen molar-refractivity contribution in [3.63, 3.8) is 0 Å². The zero-order chi connectivity index (χ0) is 16.8. The van der Waals surface area contributed by atoms with Crippen LogP contribution in [0.3, 0.4) is 0 Å². The van der Waals surface area contributed by atoms with Gasteiger partial charge >= 0.3 is 5.97 Å². The SMILES string of the molecule is CCCCCn1c(SCC#N)nc2cc(C(=O)O)ccc2c1=O. The number of carbonyl (C=O) groups is 1. The summed E-state index contributed by atoms with van der Waals surface area (Å²) in [7, 11) is 0. The van der Waals surface area contributed by atoms with E-state index in [1.54, 1.807) is 4.57 Å². The Kier molecular flexibility index (Phi) is 5.77. The van der Waals surface area contributed by atoms with Crippen molar-refractivity contribution in [2.45, 2.75) is 37.9 Å². The van der Waals surface area contributed by atoms with Gasteiger partial charge in [-0.05, 0) is 24.6 Å². The molecular formula is C16H17N3O3S. The molecule has 0 unspecified atom stereocenters. The summed E-state index contributed by atoms with van der Waals surface area (Å²) in [6.45, 7) is 2.63. The first-order chi connectivity index (χ1) is 11.1. The van der Waals surface area contributed by atoms with Crippen LogP contribution < -0.4 is 5.56 Å². The number of benzene rings is 1. The summed E-state index contributed by atoms with van der Waals surface area (Å²) in [5.74, 6) is -0.878. The number of hydrogen-bond donors (Lipinski definition) is 1. The topological polar surface area (TPSA) is 96.0 Å². The van der Waals surface area contributed by atoms with Crippen LogP contribution in [-0.4, -0.2) is 26.4 Å². The van der Waals surface area contributed by atoms with Crippen LogP contribution in [0, 0.1) is 11.3 Å². The first-order valence-electron chi connectivity index (χ1n) is 7.36. The van der Waals surface area contributed by atoms with Gasteiger partial charge in [0.15, 0.2) is 5.16 Å². The van der Waals surface area contributed by atoms with Gasteiger partial charge in [-0.25, -0.2) is 9.78 Å². The lowest BCUT2D eigenvalue weighted by molar-refractivity contribution is 0.0697. The van der Waals surface area contributed by atoms with Gasteiger partial charge in [0.25, 0.3) is 5.56 Å². The zero-order valence-electron chi connectivity index (χ0n) is 12.8. The Morgan fingerprint density at radius 3 is 2.87 bits per heavy atom. The van der Waals surface area contributed by atoms with Gasteiger partial charge in [-0.2, -0.15) is 5.26 Å². The fraction of sp³-hybridized carbons (Fsp3) is 0.375. The van der Waals surface area contributed by atoms with Crippen LogP contribution in [0.2, 0.25) is 0 Å². The number of carboxylic acids is 1. The second kappa shape index (κ2) is 7.79. The summed E-state index contributed by atoms with van der Waals surface area (Å²) < 4.78 is 1.58. The summed E-state index contributed by atoms with van der Waals surface area (Å²) in [6.07, 6.45) is 2.90. The van der Waals surface area contributed by atoms with E-state index in [0.29, 0.717) is 22.6 Å². The largest absolute Gasteiger partial charge is 0.478 e. The number of fused-ring (bicyclic) bond motifs is 1. The first kappa shape index (κ1) is 17.0. The molecule has 0 fully saturated rings. The Bertz CT molecular complexity index is 824. The van der Waals surface area contributed by atoms with Gasteiger partial charge in [-0.15, -0.1) is 0 Å². The van der Waals surface area contributed by atoms with Crippen molar-refractivity contribution in [2.75, 3.05) is 5.75 Å². The first-order valence-corrected chi connectivity index (χ1v) is 8.34. The molecule has 0 saturated carbocycles. The standard InChI is InChI=1S/C16H17N3O3S/c1-2-3-4-8-19-14(20)12-6-5-11(15(21)22)10-13(12)18-16(19)23-9-7-17/h5-6,10H,2-4,8-9H2,1H3,(H,21,22). The lowest BCUT2D eigenvalue weighted by atomic mass is 10.1. The van der Waals surface area contributed by atoms with Crippen molar-refractivity contribution in [1.29, 1.82) is 5.26 Å². The van der Waals surface area contributed by atoms with Gasteiger partial charge in [-0.3, -0.25) is 9.36 Å². The molecule has 7 heteroatoms. The molecule has 1 N–H and O–H groups in total. The highest BCUT2D eigenvalue weighted by Crippen LogP contribution is 2.19. The Balaban J connectivity index is 2.55. The molecular weight excluding hydrogens is 314 g/mol. The third-order valence-electron chi connectivity index (χ3n) is 3.42. The van der Waals surface area contributed by atoms with E-state index in [1.165, 1.54) is 30.0 Å². The number of nitriles is 1. The van der Waals surface area contributed by atoms with E-state index in [-0.39, 0.29) is 16.9 Å². The van der Waals surface area contributed by atoms with Gasteiger partial charge in [0.1, 0.15) is 0 Å². The van der Waals surface area contributed by atoms with E-state index in [9.17, 15) is 9.59 Å². The molecule has 1 heterocycles. The van der Waals surface area contributed by atoms with E-state index in [4.69, 9.17) is 10.4 Å². The number of unbranched alkanes of at least 4 members (excludes halogenated alkanes) is 2. The summed E-state index contributed by atoms with van der Waals surface area (Å²) in [6, 6.07) is 6.33. The molecule has 0 amide bonds. The number of thioether (sulfide) groups is 1. The van der Waals surface area contributed by atoms with Crippen LogP contribution in [-0.2, 0) is 6.54 Å². The molecule has 1 aromatic carbocycles. The molecule has 23 heavy (non-hydrogen) atoms. The fourth-order valence-electron chi connectivity index (χ4n) is 2.26. The summed E-state index contributed by atoms with van der Waals surface area (Å²) in [5.41, 5.74) is 0.245. The normalized spacial score (nSPS) is 10.6. The van der Waals surface area contributed by atoms with E-state index >= 15 is 0 Å². The Morgan fingerprint density at radius 1 is 1.43 bits per heavy atom. The number of aromatic carboxylic acids is 1. The van der Waals surface area contributed by atoms with Crippen LogP contribution in [0.25, 0.3) is 10.9 Å². The lowest BCUT2D eigenvalue weighted by Gasteiger charge is -2.12. The van der Waals surface area contributed by atoms with Crippen LogP contribution in [0.15, 0.2) is 28.2 Å². The van der Waals surface area contributed by atoms with Crippen molar-refractivity contribution in [1.82, 2.24) is 9.55 Å². The average Bonchev–Trinajstić information content (AvgIpc) is 2.54. The molecule has 0 aliphatic heterocycles. The van der Waals surface area contributed by atoms with Crippen LogP contribution in [0.1, 0.15) is 36.5 Å². The zero-order valence-corrected chi connectivity index (χ0v) is 13.6. The molecule has 0 aliphatic rings. The molecule has 0 spiro atoms. The van der Waals surface area contributed by atoms with Crippen LogP contribution >= 0.6 is 11.8 Å². The second-order valence-electron chi connectivity index (χ2n) is 5.04. The van der Waals surface area contributed by atoms with Gasteiger partial charge in [0.2, 0.25) is 0 Å². The molecule has 0 bridgehead atoms. The number of rotatable bonds is 7. The van der Waals surface area contributed by atoms with E-state index in [0.717, 1.165) is 19.3 Å². The van der Waals surface area contributed by atoms with E-state index in [1.807, 2.05) is 6.07 Å².